The number of hydrogen-bond acceptors (Lipinski definition) is 4. The zero-order valence-corrected chi connectivity index (χ0v) is 9.95. The number of hydrogen-bond donors (Lipinski definition) is 2. The first kappa shape index (κ1) is 11.6. The quantitative estimate of drug-likeness (QED) is 0.848. The molecule has 2 rings (SSSR count). The van der Waals surface area contributed by atoms with E-state index < -0.39 is 5.97 Å². The van der Waals surface area contributed by atoms with Crippen LogP contribution in [-0.4, -0.2) is 32.9 Å². The maximum atomic E-state index is 11.6. The topological polar surface area (TPSA) is 83.7 Å². The summed E-state index contributed by atoms with van der Waals surface area (Å²) in [6.45, 7) is 2.07. The molecule has 0 atom stereocenters. The number of aromatic nitrogens is 2. The number of imidazole rings is 1. The Balaban J connectivity index is 2.03. The molecule has 2 aromatic heterocycles. The second-order valence-electron chi connectivity index (χ2n) is 3.56. The van der Waals surface area contributed by atoms with Gasteiger partial charge in [-0.2, -0.15) is 0 Å². The summed E-state index contributed by atoms with van der Waals surface area (Å²) < 4.78 is 1.78. The maximum absolute atomic E-state index is 11.6. The molecule has 7 heteroatoms. The summed E-state index contributed by atoms with van der Waals surface area (Å²) in [6.07, 6.45) is 3.43. The van der Waals surface area contributed by atoms with E-state index in [2.05, 4.69) is 10.3 Å². The van der Waals surface area contributed by atoms with E-state index in [1.807, 2.05) is 13.1 Å². The van der Waals surface area contributed by atoms with Gasteiger partial charge in [0.1, 0.15) is 5.69 Å². The first-order valence-corrected chi connectivity index (χ1v) is 5.83. The minimum atomic E-state index is -0.938. The van der Waals surface area contributed by atoms with Crippen molar-refractivity contribution in [3.63, 3.8) is 0 Å². The number of carbonyl (C=O) groups excluding carboxylic acids is 1. The Morgan fingerprint density at radius 3 is 2.94 bits per heavy atom. The Kier molecular flexibility index (Phi) is 3.10. The summed E-state index contributed by atoms with van der Waals surface area (Å²) >= 11 is 1.50. The summed E-state index contributed by atoms with van der Waals surface area (Å²) in [6, 6.07) is 0. The van der Waals surface area contributed by atoms with Crippen LogP contribution in [-0.2, 0) is 4.79 Å². The van der Waals surface area contributed by atoms with Crippen LogP contribution in [0, 0.1) is 6.92 Å². The summed E-state index contributed by atoms with van der Waals surface area (Å²) in [7, 11) is 0. The number of nitrogens with zero attached hydrogens (tertiary/aromatic N) is 2. The zero-order valence-electron chi connectivity index (χ0n) is 9.14. The van der Waals surface area contributed by atoms with Crippen LogP contribution in [0.15, 0.2) is 12.4 Å². The zero-order chi connectivity index (χ0) is 12.4. The molecule has 0 aromatic carbocycles. The molecular weight excluding hydrogens is 242 g/mol. The highest BCUT2D eigenvalue weighted by Gasteiger charge is 2.11. The SMILES string of the molecule is Cc1cn2cc(C(=O)NCCC(=O)O)nc2s1. The molecule has 17 heavy (non-hydrogen) atoms. The number of carboxylic acids is 1. The molecule has 0 saturated carbocycles. The van der Waals surface area contributed by atoms with Crippen molar-refractivity contribution in [3.8, 4) is 0 Å². The van der Waals surface area contributed by atoms with Gasteiger partial charge in [0.25, 0.3) is 5.91 Å². The Labute approximate surface area is 101 Å². The fourth-order valence-electron chi connectivity index (χ4n) is 1.39. The summed E-state index contributed by atoms with van der Waals surface area (Å²) in [4.78, 5) is 27.9. The van der Waals surface area contributed by atoms with Crippen molar-refractivity contribution in [2.24, 2.45) is 0 Å². The predicted octanol–water partition coefficient (Wildman–Crippen LogP) is 0.909. The van der Waals surface area contributed by atoms with Crippen LogP contribution in [0.25, 0.3) is 4.96 Å². The number of carboxylic acid groups (broad SMARTS) is 1. The number of thiazole rings is 1. The normalized spacial score (nSPS) is 10.6. The first-order chi connectivity index (χ1) is 8.06. The molecule has 0 aliphatic carbocycles. The lowest BCUT2D eigenvalue weighted by Gasteiger charge is -1.99. The van der Waals surface area contributed by atoms with E-state index in [1.54, 1.807) is 10.6 Å². The van der Waals surface area contributed by atoms with E-state index in [-0.39, 0.29) is 18.9 Å². The Morgan fingerprint density at radius 1 is 1.53 bits per heavy atom. The fraction of sp³-hybridized carbons (Fsp3) is 0.300. The van der Waals surface area contributed by atoms with Gasteiger partial charge in [0.15, 0.2) is 4.96 Å². The molecule has 0 radical (unpaired) electrons. The van der Waals surface area contributed by atoms with Gasteiger partial charge in [-0.05, 0) is 6.92 Å². The number of aryl methyl sites for hydroxylation is 1. The highest BCUT2D eigenvalue weighted by Crippen LogP contribution is 2.16. The largest absolute Gasteiger partial charge is 0.481 e. The molecule has 0 aliphatic heterocycles. The van der Waals surface area contributed by atoms with Gasteiger partial charge in [0, 0.05) is 23.8 Å². The minimum absolute atomic E-state index is 0.0902. The standard InChI is InChI=1S/C10H11N3O3S/c1-6-4-13-5-7(12-10(13)17-6)9(16)11-3-2-8(14)15/h4-5H,2-3H2,1H3,(H,11,16)(H,14,15). The molecule has 6 nitrogen and oxygen atoms in total. The molecule has 0 spiro atoms. The molecule has 0 bridgehead atoms. The molecule has 2 N–H and O–H groups in total. The average Bonchev–Trinajstić information content (AvgIpc) is 2.73. The van der Waals surface area contributed by atoms with Crippen LogP contribution in [0.3, 0.4) is 0 Å². The van der Waals surface area contributed by atoms with Crippen LogP contribution in [0.4, 0.5) is 0 Å². The molecule has 0 unspecified atom stereocenters. The van der Waals surface area contributed by atoms with E-state index in [4.69, 9.17) is 5.11 Å². The third-order valence-corrected chi connectivity index (χ3v) is 3.04. The van der Waals surface area contributed by atoms with E-state index in [0.29, 0.717) is 5.69 Å². The van der Waals surface area contributed by atoms with Crippen molar-refractivity contribution in [2.45, 2.75) is 13.3 Å². The molecule has 2 aromatic rings. The molecular formula is C10H11N3O3S. The lowest BCUT2D eigenvalue weighted by atomic mass is 10.4. The van der Waals surface area contributed by atoms with E-state index in [1.165, 1.54) is 11.3 Å². The Morgan fingerprint density at radius 2 is 2.29 bits per heavy atom. The van der Waals surface area contributed by atoms with E-state index in [9.17, 15) is 9.59 Å². The van der Waals surface area contributed by atoms with Gasteiger partial charge < -0.3 is 10.4 Å². The summed E-state index contributed by atoms with van der Waals surface area (Å²) in [5.74, 6) is -1.29. The molecule has 0 aliphatic rings. The third kappa shape index (κ3) is 2.62. The van der Waals surface area contributed by atoms with Gasteiger partial charge in [0.2, 0.25) is 0 Å². The van der Waals surface area contributed by atoms with Gasteiger partial charge >= 0.3 is 5.97 Å². The van der Waals surface area contributed by atoms with Crippen LogP contribution in [0.2, 0.25) is 0 Å². The third-order valence-electron chi connectivity index (χ3n) is 2.13. The predicted molar refractivity (Wildman–Crippen MR) is 62.4 cm³/mol. The smallest absolute Gasteiger partial charge is 0.305 e. The van der Waals surface area contributed by atoms with Crippen LogP contribution < -0.4 is 5.32 Å². The number of amides is 1. The lowest BCUT2D eigenvalue weighted by molar-refractivity contribution is -0.136. The van der Waals surface area contributed by atoms with Crippen molar-refractivity contribution in [1.82, 2.24) is 14.7 Å². The number of nitrogens with one attached hydrogen (secondary N) is 1. The van der Waals surface area contributed by atoms with Crippen LogP contribution in [0.5, 0.6) is 0 Å². The van der Waals surface area contributed by atoms with Gasteiger partial charge in [-0.3, -0.25) is 14.0 Å². The van der Waals surface area contributed by atoms with Gasteiger partial charge in [-0.15, -0.1) is 11.3 Å². The van der Waals surface area contributed by atoms with Crippen molar-refractivity contribution in [2.75, 3.05) is 6.54 Å². The maximum Gasteiger partial charge on any atom is 0.305 e. The van der Waals surface area contributed by atoms with Crippen LogP contribution in [0.1, 0.15) is 21.8 Å². The molecule has 0 fully saturated rings. The highest BCUT2D eigenvalue weighted by atomic mass is 32.1. The Hall–Kier alpha value is -1.89. The summed E-state index contributed by atoms with van der Waals surface area (Å²) in [5.41, 5.74) is 0.307. The van der Waals surface area contributed by atoms with E-state index in [0.717, 1.165) is 9.84 Å². The van der Waals surface area contributed by atoms with Crippen molar-refractivity contribution >= 4 is 28.2 Å². The number of carbonyl (C=O) groups is 2. The number of aliphatic carboxylic acids is 1. The van der Waals surface area contributed by atoms with Gasteiger partial charge in [0.05, 0.1) is 6.42 Å². The van der Waals surface area contributed by atoms with Gasteiger partial charge in [-0.1, -0.05) is 0 Å². The van der Waals surface area contributed by atoms with Crippen LogP contribution >= 0.6 is 11.3 Å². The summed E-state index contributed by atoms with van der Waals surface area (Å²) in [5, 5.41) is 10.9. The molecule has 1 amide bonds. The Bertz CT molecular complexity index is 541. The minimum Gasteiger partial charge on any atom is -0.481 e. The average molecular weight is 253 g/mol. The number of fused-ring (bicyclic) bond motifs is 1. The highest BCUT2D eigenvalue weighted by molar-refractivity contribution is 7.17. The second kappa shape index (κ2) is 4.54. The molecule has 0 saturated heterocycles. The lowest BCUT2D eigenvalue weighted by Crippen LogP contribution is -2.26. The molecule has 2 heterocycles. The van der Waals surface area contributed by atoms with Gasteiger partial charge in [-0.25, -0.2) is 4.98 Å². The first-order valence-electron chi connectivity index (χ1n) is 5.01. The van der Waals surface area contributed by atoms with Crippen molar-refractivity contribution in [3.05, 3.63) is 23.0 Å². The van der Waals surface area contributed by atoms with Crippen molar-refractivity contribution < 1.29 is 14.7 Å². The fourth-order valence-corrected chi connectivity index (χ4v) is 2.20. The second-order valence-corrected chi connectivity index (χ2v) is 4.77. The van der Waals surface area contributed by atoms with E-state index >= 15 is 0 Å². The van der Waals surface area contributed by atoms with Crippen molar-refractivity contribution in [1.29, 1.82) is 0 Å². The molecule has 90 valence electrons. The number of rotatable bonds is 4. The monoisotopic (exact) mass is 253 g/mol.